The van der Waals surface area contributed by atoms with Crippen molar-refractivity contribution >= 4 is 46.5 Å². The lowest BCUT2D eigenvalue weighted by atomic mass is 10.2. The summed E-state index contributed by atoms with van der Waals surface area (Å²) in [6.45, 7) is 5.23. The maximum absolute atomic E-state index is 12.5. The Balaban J connectivity index is 1.62. The molecule has 0 saturated carbocycles. The summed E-state index contributed by atoms with van der Waals surface area (Å²) >= 11 is 6.37. The molecule has 30 heavy (non-hydrogen) atoms. The van der Waals surface area contributed by atoms with E-state index in [0.29, 0.717) is 35.1 Å². The number of rotatable bonds is 5. The van der Waals surface area contributed by atoms with E-state index in [4.69, 9.17) is 11.6 Å². The first-order valence-electron chi connectivity index (χ1n) is 9.62. The summed E-state index contributed by atoms with van der Waals surface area (Å²) in [7, 11) is 0. The van der Waals surface area contributed by atoms with Gasteiger partial charge in [-0.25, -0.2) is 4.79 Å². The van der Waals surface area contributed by atoms with Crippen LogP contribution in [0.15, 0.2) is 42.5 Å². The van der Waals surface area contributed by atoms with Gasteiger partial charge in [0.1, 0.15) is 0 Å². The number of nitrogens with one attached hydrogen (secondary N) is 4. The lowest BCUT2D eigenvalue weighted by Gasteiger charge is -2.29. The van der Waals surface area contributed by atoms with Gasteiger partial charge in [-0.3, -0.25) is 9.59 Å². The van der Waals surface area contributed by atoms with Crippen molar-refractivity contribution in [1.29, 1.82) is 0 Å². The van der Waals surface area contributed by atoms with Crippen LogP contribution in [-0.2, 0) is 4.79 Å². The van der Waals surface area contributed by atoms with Crippen LogP contribution >= 0.6 is 11.6 Å². The van der Waals surface area contributed by atoms with Crippen molar-refractivity contribution in [2.75, 3.05) is 35.2 Å². The molecule has 0 unspecified atom stereocenters. The number of nitrogens with zero attached hydrogens (tertiary/aromatic N) is 1. The van der Waals surface area contributed by atoms with Gasteiger partial charge in [0.05, 0.1) is 17.3 Å². The van der Waals surface area contributed by atoms with Gasteiger partial charge in [-0.15, -0.1) is 0 Å². The van der Waals surface area contributed by atoms with Crippen molar-refractivity contribution < 1.29 is 14.4 Å². The molecule has 4 N–H and O–H groups in total. The molecule has 1 saturated heterocycles. The first-order chi connectivity index (χ1) is 14.3. The molecule has 1 heterocycles. The van der Waals surface area contributed by atoms with Gasteiger partial charge in [0.2, 0.25) is 5.91 Å². The molecule has 0 spiro atoms. The summed E-state index contributed by atoms with van der Waals surface area (Å²) in [6, 6.07) is 11.5. The molecule has 0 bridgehead atoms. The molecule has 0 aromatic heterocycles. The molecule has 0 radical (unpaired) electrons. The number of benzene rings is 2. The Hall–Kier alpha value is -3.26. The lowest BCUT2D eigenvalue weighted by Crippen LogP contribution is -2.47. The first-order valence-corrected chi connectivity index (χ1v) is 10.00. The van der Waals surface area contributed by atoms with Crippen molar-refractivity contribution in [3.05, 3.63) is 53.1 Å². The maximum Gasteiger partial charge on any atom is 0.319 e. The lowest BCUT2D eigenvalue weighted by molar-refractivity contribution is -0.120. The number of carbonyl (C=O) groups excluding carboxylic acids is 3. The van der Waals surface area contributed by atoms with Gasteiger partial charge in [-0.05, 0) is 56.3 Å². The Bertz CT molecular complexity index is 946. The predicted molar refractivity (Wildman–Crippen MR) is 118 cm³/mol. The van der Waals surface area contributed by atoms with E-state index in [1.807, 2.05) is 18.7 Å². The second kappa shape index (κ2) is 9.49. The zero-order valence-electron chi connectivity index (χ0n) is 16.8. The highest BCUT2D eigenvalue weighted by atomic mass is 35.5. The second-order valence-electron chi connectivity index (χ2n) is 7.22. The minimum atomic E-state index is -0.303. The Labute approximate surface area is 180 Å². The standard InChI is InChI=1S/C21H24ClN5O3/c1-13(2)24-21(30)26-15-5-3-14(4-6-15)20(29)25-16-7-8-18(17(22)11-16)27-10-9-23-19(28)12-27/h3-8,11,13H,9-10,12H2,1-2H3,(H,23,28)(H,25,29)(H2,24,26,30). The maximum atomic E-state index is 12.5. The van der Waals surface area contributed by atoms with Crippen LogP contribution in [-0.4, -0.2) is 43.5 Å². The van der Waals surface area contributed by atoms with Gasteiger partial charge in [-0.2, -0.15) is 0 Å². The molecule has 2 aromatic rings. The van der Waals surface area contributed by atoms with E-state index in [9.17, 15) is 14.4 Å². The van der Waals surface area contributed by atoms with Gasteiger partial charge in [0, 0.05) is 36.1 Å². The third-order valence-electron chi connectivity index (χ3n) is 4.41. The van der Waals surface area contributed by atoms with Crippen LogP contribution in [0.1, 0.15) is 24.2 Å². The molecular weight excluding hydrogens is 406 g/mol. The number of carbonyl (C=O) groups is 3. The summed E-state index contributed by atoms with van der Waals surface area (Å²) in [5, 5.41) is 11.5. The number of amides is 4. The number of urea groups is 1. The first kappa shape index (κ1) is 21.4. The molecule has 9 heteroatoms. The van der Waals surface area contributed by atoms with Crippen molar-refractivity contribution in [2.24, 2.45) is 0 Å². The molecule has 1 fully saturated rings. The quantitative estimate of drug-likeness (QED) is 0.586. The third-order valence-corrected chi connectivity index (χ3v) is 4.71. The van der Waals surface area contributed by atoms with E-state index < -0.39 is 0 Å². The number of halogens is 1. The fourth-order valence-electron chi connectivity index (χ4n) is 3.02. The molecule has 1 aliphatic rings. The van der Waals surface area contributed by atoms with E-state index in [1.54, 1.807) is 42.5 Å². The van der Waals surface area contributed by atoms with Gasteiger partial charge in [0.15, 0.2) is 0 Å². The Morgan fingerprint density at radius 1 is 1.07 bits per heavy atom. The number of piperazine rings is 1. The van der Waals surface area contributed by atoms with E-state index in [0.717, 1.165) is 5.69 Å². The predicted octanol–water partition coefficient (Wildman–Crippen LogP) is 3.06. The topological polar surface area (TPSA) is 103 Å². The van der Waals surface area contributed by atoms with Crippen LogP contribution in [0.3, 0.4) is 0 Å². The van der Waals surface area contributed by atoms with Gasteiger partial charge < -0.3 is 26.2 Å². The highest BCUT2D eigenvalue weighted by Gasteiger charge is 2.19. The van der Waals surface area contributed by atoms with Crippen LogP contribution in [0.25, 0.3) is 0 Å². The average molecular weight is 430 g/mol. The molecule has 158 valence electrons. The largest absolute Gasteiger partial charge is 0.359 e. The summed E-state index contributed by atoms with van der Waals surface area (Å²) in [5.74, 6) is -0.344. The second-order valence-corrected chi connectivity index (χ2v) is 7.63. The average Bonchev–Trinajstić information content (AvgIpc) is 2.68. The van der Waals surface area contributed by atoms with Crippen molar-refractivity contribution in [2.45, 2.75) is 19.9 Å². The van der Waals surface area contributed by atoms with Crippen molar-refractivity contribution in [3.8, 4) is 0 Å². The molecule has 2 aromatic carbocycles. The summed E-state index contributed by atoms with van der Waals surface area (Å²) in [6.07, 6.45) is 0. The SMILES string of the molecule is CC(C)NC(=O)Nc1ccc(C(=O)Nc2ccc(N3CCNC(=O)C3)c(Cl)c2)cc1. The van der Waals surface area contributed by atoms with Gasteiger partial charge in [0.25, 0.3) is 5.91 Å². The zero-order valence-corrected chi connectivity index (χ0v) is 17.5. The Morgan fingerprint density at radius 3 is 2.40 bits per heavy atom. The van der Waals surface area contributed by atoms with Crippen LogP contribution < -0.4 is 26.2 Å². The molecule has 1 aliphatic heterocycles. The van der Waals surface area contributed by atoms with Crippen molar-refractivity contribution in [1.82, 2.24) is 10.6 Å². The monoisotopic (exact) mass is 429 g/mol. The van der Waals surface area contributed by atoms with Crippen LogP contribution in [0.5, 0.6) is 0 Å². The number of anilines is 3. The number of hydrogen-bond donors (Lipinski definition) is 4. The minimum absolute atomic E-state index is 0.0281. The normalized spacial score (nSPS) is 13.6. The van der Waals surface area contributed by atoms with E-state index in [-0.39, 0.29) is 30.4 Å². The summed E-state index contributed by atoms with van der Waals surface area (Å²) in [5.41, 5.74) is 2.33. The highest BCUT2D eigenvalue weighted by molar-refractivity contribution is 6.33. The van der Waals surface area contributed by atoms with E-state index in [1.165, 1.54) is 0 Å². The van der Waals surface area contributed by atoms with E-state index >= 15 is 0 Å². The minimum Gasteiger partial charge on any atom is -0.359 e. The molecule has 0 atom stereocenters. The number of hydrogen-bond acceptors (Lipinski definition) is 4. The zero-order chi connectivity index (χ0) is 21.7. The summed E-state index contributed by atoms with van der Waals surface area (Å²) in [4.78, 5) is 37.7. The van der Waals surface area contributed by atoms with Crippen LogP contribution in [0.2, 0.25) is 5.02 Å². The van der Waals surface area contributed by atoms with Crippen LogP contribution in [0, 0.1) is 0 Å². The fourth-order valence-corrected chi connectivity index (χ4v) is 3.32. The molecular formula is C21H24ClN5O3. The van der Waals surface area contributed by atoms with Gasteiger partial charge >= 0.3 is 6.03 Å². The Morgan fingerprint density at radius 2 is 1.77 bits per heavy atom. The molecule has 4 amide bonds. The Kier molecular flexibility index (Phi) is 6.79. The third kappa shape index (κ3) is 5.64. The fraction of sp³-hybridized carbons (Fsp3) is 0.286. The smallest absolute Gasteiger partial charge is 0.319 e. The molecule has 8 nitrogen and oxygen atoms in total. The molecule has 0 aliphatic carbocycles. The van der Waals surface area contributed by atoms with Crippen molar-refractivity contribution in [3.63, 3.8) is 0 Å². The molecule has 3 rings (SSSR count). The van der Waals surface area contributed by atoms with Crippen LogP contribution in [0.4, 0.5) is 21.9 Å². The van der Waals surface area contributed by atoms with Gasteiger partial charge in [-0.1, -0.05) is 11.6 Å². The van der Waals surface area contributed by atoms with E-state index in [2.05, 4.69) is 21.3 Å². The highest BCUT2D eigenvalue weighted by Crippen LogP contribution is 2.29. The summed E-state index contributed by atoms with van der Waals surface area (Å²) < 4.78 is 0.